The van der Waals surface area contributed by atoms with Crippen LogP contribution in [0.1, 0.15) is 17.4 Å². The molecule has 0 atom stereocenters. The van der Waals surface area contributed by atoms with Crippen molar-refractivity contribution in [1.82, 2.24) is 25.0 Å². The average Bonchev–Trinajstić information content (AvgIpc) is 2.77. The van der Waals surface area contributed by atoms with Gasteiger partial charge in [-0.2, -0.15) is 0 Å². The summed E-state index contributed by atoms with van der Waals surface area (Å²) in [5, 5.41) is 9.84. The summed E-state index contributed by atoms with van der Waals surface area (Å²) in [6.45, 7) is 2.88. The van der Waals surface area contributed by atoms with E-state index in [1.165, 1.54) is 10.9 Å². The molecular weight excluding hydrogens is 272 g/mol. The molecule has 1 aromatic rings. The van der Waals surface area contributed by atoms with Gasteiger partial charge in [0.1, 0.15) is 0 Å². The lowest BCUT2D eigenvalue weighted by Crippen LogP contribution is -2.34. The van der Waals surface area contributed by atoms with Gasteiger partial charge in [0, 0.05) is 19.6 Å². The van der Waals surface area contributed by atoms with Crippen LogP contribution in [0.3, 0.4) is 0 Å². The van der Waals surface area contributed by atoms with Crippen LogP contribution < -0.4 is 15.8 Å². The molecular formula is C9H18N6O3S. The van der Waals surface area contributed by atoms with Gasteiger partial charge in [0.25, 0.3) is 5.91 Å². The number of amides is 1. The smallest absolute Gasteiger partial charge is 0.273 e. The summed E-state index contributed by atoms with van der Waals surface area (Å²) in [7, 11) is -3.34. The molecule has 0 saturated carbocycles. The minimum atomic E-state index is -3.34. The molecule has 1 aromatic heterocycles. The lowest BCUT2D eigenvalue weighted by atomic mass is 10.4. The Kier molecular flexibility index (Phi) is 5.86. The van der Waals surface area contributed by atoms with Crippen molar-refractivity contribution in [3.63, 3.8) is 0 Å². The van der Waals surface area contributed by atoms with Gasteiger partial charge in [-0.3, -0.25) is 9.48 Å². The number of hydrogen-bond donors (Lipinski definition) is 3. The number of rotatable bonds is 8. The summed E-state index contributed by atoms with van der Waals surface area (Å²) in [5.41, 5.74) is 5.47. The van der Waals surface area contributed by atoms with E-state index in [-0.39, 0.29) is 18.0 Å². The van der Waals surface area contributed by atoms with Crippen LogP contribution in [-0.2, 0) is 16.6 Å². The fraction of sp³-hybridized carbons (Fsp3) is 0.667. The molecule has 0 unspecified atom stereocenters. The molecule has 0 aliphatic carbocycles. The first-order valence-electron chi connectivity index (χ1n) is 5.84. The molecule has 1 heterocycles. The van der Waals surface area contributed by atoms with Crippen molar-refractivity contribution in [3.05, 3.63) is 11.9 Å². The Balaban J connectivity index is 2.42. The maximum absolute atomic E-state index is 11.6. The maximum Gasteiger partial charge on any atom is 0.273 e. The minimum Gasteiger partial charge on any atom is -0.350 e. The van der Waals surface area contributed by atoms with Gasteiger partial charge in [-0.1, -0.05) is 12.1 Å². The number of carbonyl (C=O) groups is 1. The zero-order valence-corrected chi connectivity index (χ0v) is 11.5. The predicted octanol–water partition coefficient (Wildman–Crippen LogP) is -2.09. The van der Waals surface area contributed by atoms with Gasteiger partial charge in [0.05, 0.1) is 18.5 Å². The van der Waals surface area contributed by atoms with E-state index in [0.29, 0.717) is 19.6 Å². The monoisotopic (exact) mass is 290 g/mol. The van der Waals surface area contributed by atoms with Crippen LogP contribution in [0.4, 0.5) is 0 Å². The molecule has 1 rings (SSSR count). The second-order valence-corrected chi connectivity index (χ2v) is 5.65. The molecule has 10 heteroatoms. The van der Waals surface area contributed by atoms with Crippen molar-refractivity contribution in [2.24, 2.45) is 5.73 Å². The highest BCUT2D eigenvalue weighted by Crippen LogP contribution is 1.92. The fourth-order valence-corrected chi connectivity index (χ4v) is 2.28. The number of carbonyl (C=O) groups excluding carboxylic acids is 1. The Bertz CT molecular complexity index is 512. The summed E-state index contributed by atoms with van der Waals surface area (Å²) in [4.78, 5) is 11.6. The molecule has 0 bridgehead atoms. The lowest BCUT2D eigenvalue weighted by Gasteiger charge is -2.04. The van der Waals surface area contributed by atoms with Gasteiger partial charge in [-0.15, -0.1) is 5.10 Å². The third-order valence-corrected chi connectivity index (χ3v) is 3.62. The van der Waals surface area contributed by atoms with Crippen LogP contribution in [0.25, 0.3) is 0 Å². The molecule has 0 aliphatic heterocycles. The second-order valence-electron chi connectivity index (χ2n) is 3.73. The average molecular weight is 290 g/mol. The first-order chi connectivity index (χ1) is 8.98. The van der Waals surface area contributed by atoms with Gasteiger partial charge >= 0.3 is 0 Å². The highest BCUT2D eigenvalue weighted by molar-refractivity contribution is 7.89. The second kappa shape index (κ2) is 7.16. The van der Waals surface area contributed by atoms with Gasteiger partial charge in [-0.25, -0.2) is 13.1 Å². The number of hydrogen-bond acceptors (Lipinski definition) is 6. The quantitative estimate of drug-likeness (QED) is 0.503. The summed E-state index contributed by atoms with van der Waals surface area (Å²) >= 11 is 0. The van der Waals surface area contributed by atoms with Crippen molar-refractivity contribution < 1.29 is 13.2 Å². The molecule has 108 valence electrons. The van der Waals surface area contributed by atoms with Crippen molar-refractivity contribution in [3.8, 4) is 0 Å². The maximum atomic E-state index is 11.6. The van der Waals surface area contributed by atoms with Crippen LogP contribution in [-0.4, -0.2) is 54.7 Å². The molecule has 0 aromatic carbocycles. The molecule has 0 saturated heterocycles. The highest BCUT2D eigenvalue weighted by atomic mass is 32.2. The third kappa shape index (κ3) is 5.32. The Labute approximate surface area is 111 Å². The summed E-state index contributed by atoms with van der Waals surface area (Å²) in [6.07, 6.45) is 1.46. The fourth-order valence-electron chi connectivity index (χ4n) is 1.33. The van der Waals surface area contributed by atoms with Crippen molar-refractivity contribution in [1.29, 1.82) is 0 Å². The van der Waals surface area contributed by atoms with Gasteiger partial charge in [0.2, 0.25) is 10.0 Å². The summed E-state index contributed by atoms with van der Waals surface area (Å²) < 4.78 is 26.4. The van der Waals surface area contributed by atoms with E-state index in [0.717, 1.165) is 0 Å². The first kappa shape index (κ1) is 15.5. The normalized spacial score (nSPS) is 11.5. The highest BCUT2D eigenvalue weighted by Gasteiger charge is 2.12. The molecule has 4 N–H and O–H groups in total. The lowest BCUT2D eigenvalue weighted by molar-refractivity contribution is 0.0951. The molecule has 0 fully saturated rings. The topological polar surface area (TPSA) is 132 Å². The van der Waals surface area contributed by atoms with Crippen molar-refractivity contribution in [2.75, 3.05) is 25.4 Å². The molecule has 0 spiro atoms. The molecule has 1 amide bonds. The van der Waals surface area contributed by atoms with E-state index < -0.39 is 15.9 Å². The number of sulfonamides is 1. The van der Waals surface area contributed by atoms with E-state index in [1.807, 2.05) is 0 Å². The molecule has 9 nitrogen and oxygen atoms in total. The van der Waals surface area contributed by atoms with Gasteiger partial charge in [-0.05, 0) is 0 Å². The molecule has 0 aliphatic rings. The van der Waals surface area contributed by atoms with Crippen molar-refractivity contribution in [2.45, 2.75) is 13.5 Å². The Morgan fingerprint density at radius 2 is 2.26 bits per heavy atom. The standard InChI is InChI=1S/C9H18N6O3S/c1-2-12-19(17,18)6-4-11-9(16)8-7-15(5-3-10)14-13-8/h7,12H,2-6,10H2,1H3,(H,11,16). The Hall–Kier alpha value is -1.52. The van der Waals surface area contributed by atoms with Crippen LogP contribution in [0.15, 0.2) is 6.20 Å². The van der Waals surface area contributed by atoms with E-state index in [4.69, 9.17) is 5.73 Å². The number of aromatic nitrogens is 3. The van der Waals surface area contributed by atoms with Gasteiger partial charge in [0.15, 0.2) is 5.69 Å². The van der Waals surface area contributed by atoms with E-state index in [9.17, 15) is 13.2 Å². The van der Waals surface area contributed by atoms with Crippen LogP contribution in [0.5, 0.6) is 0 Å². The zero-order valence-electron chi connectivity index (χ0n) is 10.7. The minimum absolute atomic E-state index is 0.0118. The zero-order chi connectivity index (χ0) is 14.3. The summed E-state index contributed by atoms with van der Waals surface area (Å²) in [6, 6.07) is 0. The Morgan fingerprint density at radius 1 is 1.53 bits per heavy atom. The molecule has 0 radical (unpaired) electrons. The van der Waals surface area contributed by atoms with Crippen LogP contribution in [0, 0.1) is 0 Å². The SMILES string of the molecule is CCNS(=O)(=O)CCNC(=O)c1cn(CCN)nn1. The van der Waals surface area contributed by atoms with Crippen LogP contribution >= 0.6 is 0 Å². The number of nitrogens with one attached hydrogen (secondary N) is 2. The van der Waals surface area contributed by atoms with E-state index in [2.05, 4.69) is 20.4 Å². The van der Waals surface area contributed by atoms with Crippen molar-refractivity contribution >= 4 is 15.9 Å². The molecule has 19 heavy (non-hydrogen) atoms. The van der Waals surface area contributed by atoms with Crippen LogP contribution in [0.2, 0.25) is 0 Å². The van der Waals surface area contributed by atoms with E-state index >= 15 is 0 Å². The summed E-state index contributed by atoms with van der Waals surface area (Å²) in [5.74, 6) is -0.640. The van der Waals surface area contributed by atoms with Gasteiger partial charge < -0.3 is 11.1 Å². The Morgan fingerprint density at radius 3 is 2.89 bits per heavy atom. The van der Waals surface area contributed by atoms with E-state index in [1.54, 1.807) is 6.92 Å². The number of nitrogens with zero attached hydrogens (tertiary/aromatic N) is 3. The number of nitrogens with two attached hydrogens (primary N) is 1. The first-order valence-corrected chi connectivity index (χ1v) is 7.49. The third-order valence-electron chi connectivity index (χ3n) is 2.15. The largest absolute Gasteiger partial charge is 0.350 e. The predicted molar refractivity (Wildman–Crippen MR) is 68.9 cm³/mol.